The smallest absolute Gasteiger partial charge is 0.248 e. The first-order valence-corrected chi connectivity index (χ1v) is 10.7. The second-order valence-corrected chi connectivity index (χ2v) is 8.47. The minimum Gasteiger partial charge on any atom is -0.355 e. The number of nitrogens with zero attached hydrogens (tertiary/aromatic N) is 5. The molecule has 1 fully saturated rings. The molecule has 1 aromatic rings. The fourth-order valence-corrected chi connectivity index (χ4v) is 4.13. The monoisotopic (exact) mass is 390 g/mol. The molecule has 2 aliphatic rings. The molecule has 156 valence electrons. The van der Waals surface area contributed by atoms with Gasteiger partial charge in [0, 0.05) is 6.54 Å². The molecule has 3 heterocycles. The molecule has 2 amide bonds. The van der Waals surface area contributed by atoms with E-state index in [-0.39, 0.29) is 24.4 Å². The van der Waals surface area contributed by atoms with Crippen LogP contribution in [0.15, 0.2) is 6.20 Å². The van der Waals surface area contributed by atoms with Gasteiger partial charge in [-0.05, 0) is 51.2 Å². The predicted molar refractivity (Wildman–Crippen MR) is 106 cm³/mol. The number of hydrogen-bond donors (Lipinski definition) is 1. The minimum absolute atomic E-state index is 0.0357. The molecular formula is C20H34N6O2. The van der Waals surface area contributed by atoms with Crippen LogP contribution in [-0.4, -0.2) is 69.3 Å². The van der Waals surface area contributed by atoms with Crippen LogP contribution in [0.2, 0.25) is 0 Å². The molecule has 0 aliphatic carbocycles. The van der Waals surface area contributed by atoms with Crippen molar-refractivity contribution in [1.29, 1.82) is 0 Å². The first-order valence-electron chi connectivity index (χ1n) is 10.7. The van der Waals surface area contributed by atoms with Gasteiger partial charge in [-0.1, -0.05) is 31.9 Å². The molecule has 0 bridgehead atoms. The van der Waals surface area contributed by atoms with Crippen molar-refractivity contribution >= 4 is 11.8 Å². The Kier molecular flexibility index (Phi) is 7.42. The van der Waals surface area contributed by atoms with Crippen LogP contribution in [0.4, 0.5) is 0 Å². The van der Waals surface area contributed by atoms with Crippen molar-refractivity contribution in [2.45, 2.75) is 65.0 Å². The zero-order valence-corrected chi connectivity index (χ0v) is 17.3. The quantitative estimate of drug-likeness (QED) is 0.682. The Labute approximate surface area is 167 Å². The number of amides is 2. The van der Waals surface area contributed by atoms with Gasteiger partial charge in [-0.15, -0.1) is 5.10 Å². The molecule has 1 aromatic heterocycles. The molecular weight excluding hydrogens is 356 g/mol. The lowest BCUT2D eigenvalue weighted by Gasteiger charge is -2.33. The van der Waals surface area contributed by atoms with E-state index in [0.717, 1.165) is 18.7 Å². The highest BCUT2D eigenvalue weighted by molar-refractivity contribution is 5.87. The number of aromatic nitrogens is 3. The lowest BCUT2D eigenvalue weighted by molar-refractivity contribution is -0.142. The van der Waals surface area contributed by atoms with Crippen LogP contribution in [0.1, 0.15) is 64.1 Å². The number of rotatable bonds is 8. The highest BCUT2D eigenvalue weighted by Crippen LogP contribution is 2.26. The molecule has 3 rings (SSSR count). The van der Waals surface area contributed by atoms with Crippen molar-refractivity contribution in [3.05, 3.63) is 11.9 Å². The Hall–Kier alpha value is -1.96. The van der Waals surface area contributed by atoms with Gasteiger partial charge in [-0.2, -0.15) is 0 Å². The molecule has 8 heteroatoms. The van der Waals surface area contributed by atoms with E-state index < -0.39 is 0 Å². The van der Waals surface area contributed by atoms with Gasteiger partial charge in [0.15, 0.2) is 0 Å². The number of likely N-dealkylation sites (tertiary alicyclic amines) is 1. The molecule has 0 aromatic carbocycles. The fourth-order valence-electron chi connectivity index (χ4n) is 4.13. The summed E-state index contributed by atoms with van der Waals surface area (Å²) in [5, 5.41) is 11.0. The van der Waals surface area contributed by atoms with Crippen LogP contribution in [0, 0.1) is 5.92 Å². The molecule has 1 atom stereocenters. The van der Waals surface area contributed by atoms with Gasteiger partial charge < -0.3 is 15.1 Å². The second kappa shape index (κ2) is 10.0. The molecule has 0 spiro atoms. The molecule has 0 unspecified atom stereocenters. The maximum atomic E-state index is 12.9. The summed E-state index contributed by atoms with van der Waals surface area (Å²) in [6.07, 6.45) is 8.58. The standard InChI is InChI=1S/C20H34N6O2/c1-16(2)12-18-20(28)25(14-17-13-22-23-26(17)18)15-19(27)21-8-7-11-24-9-5-3-4-6-10-24/h13,16,18H,3-12,14-15H2,1-2H3,(H,21,27)/t18-/m0/s1. The van der Waals surface area contributed by atoms with Gasteiger partial charge in [0.1, 0.15) is 6.04 Å². The van der Waals surface area contributed by atoms with Gasteiger partial charge in [0.2, 0.25) is 11.8 Å². The van der Waals surface area contributed by atoms with Crippen molar-refractivity contribution in [2.24, 2.45) is 5.92 Å². The minimum atomic E-state index is -0.359. The predicted octanol–water partition coefficient (Wildman–Crippen LogP) is 1.59. The largest absolute Gasteiger partial charge is 0.355 e. The van der Waals surface area contributed by atoms with Crippen LogP contribution >= 0.6 is 0 Å². The molecule has 0 saturated carbocycles. The highest BCUT2D eigenvalue weighted by Gasteiger charge is 2.35. The number of nitrogens with one attached hydrogen (secondary N) is 1. The topological polar surface area (TPSA) is 83.4 Å². The first-order chi connectivity index (χ1) is 13.5. The Morgan fingerprint density at radius 1 is 1.25 bits per heavy atom. The van der Waals surface area contributed by atoms with Crippen LogP contribution in [0.25, 0.3) is 0 Å². The number of hydrogen-bond acceptors (Lipinski definition) is 5. The Bertz CT molecular complexity index is 651. The SMILES string of the molecule is CC(C)C[C@H]1C(=O)N(CC(=O)NCCCN2CCCCCC2)Cc2cnnn21. The highest BCUT2D eigenvalue weighted by atomic mass is 16.2. The summed E-state index contributed by atoms with van der Waals surface area (Å²) >= 11 is 0. The molecule has 1 N–H and O–H groups in total. The lowest BCUT2D eigenvalue weighted by Crippen LogP contribution is -2.47. The normalized spacial score (nSPS) is 20.9. The number of fused-ring (bicyclic) bond motifs is 1. The van der Waals surface area contributed by atoms with E-state index in [1.807, 2.05) is 0 Å². The van der Waals surface area contributed by atoms with Crippen LogP contribution in [0.5, 0.6) is 0 Å². The Balaban J connectivity index is 1.45. The van der Waals surface area contributed by atoms with E-state index in [1.165, 1.54) is 38.8 Å². The molecule has 2 aliphatic heterocycles. The van der Waals surface area contributed by atoms with Crippen LogP contribution < -0.4 is 5.32 Å². The summed E-state index contributed by atoms with van der Waals surface area (Å²) in [4.78, 5) is 29.4. The maximum Gasteiger partial charge on any atom is 0.248 e. The number of carbonyl (C=O) groups is 2. The van der Waals surface area contributed by atoms with Gasteiger partial charge in [0.25, 0.3) is 0 Å². The van der Waals surface area contributed by atoms with E-state index in [1.54, 1.807) is 15.8 Å². The van der Waals surface area contributed by atoms with Crippen molar-refractivity contribution < 1.29 is 9.59 Å². The van der Waals surface area contributed by atoms with Crippen molar-refractivity contribution in [3.8, 4) is 0 Å². The second-order valence-electron chi connectivity index (χ2n) is 8.47. The average molecular weight is 391 g/mol. The van der Waals surface area contributed by atoms with E-state index >= 15 is 0 Å². The third-order valence-corrected chi connectivity index (χ3v) is 5.59. The Morgan fingerprint density at radius 3 is 2.71 bits per heavy atom. The van der Waals surface area contributed by atoms with Crippen molar-refractivity contribution in [3.63, 3.8) is 0 Å². The first kappa shape index (κ1) is 20.8. The van der Waals surface area contributed by atoms with E-state index in [2.05, 4.69) is 34.4 Å². The molecule has 0 radical (unpaired) electrons. The third kappa shape index (κ3) is 5.53. The average Bonchev–Trinajstić information content (AvgIpc) is 2.96. The molecule has 28 heavy (non-hydrogen) atoms. The zero-order chi connectivity index (χ0) is 19.9. The zero-order valence-electron chi connectivity index (χ0n) is 17.3. The maximum absolute atomic E-state index is 12.9. The third-order valence-electron chi connectivity index (χ3n) is 5.59. The number of carbonyl (C=O) groups excluding carboxylic acids is 2. The Morgan fingerprint density at radius 2 is 2.00 bits per heavy atom. The van der Waals surface area contributed by atoms with Gasteiger partial charge in [0.05, 0.1) is 25.0 Å². The summed E-state index contributed by atoms with van der Waals surface area (Å²) in [6.45, 7) is 8.70. The summed E-state index contributed by atoms with van der Waals surface area (Å²) in [6, 6.07) is -0.359. The fraction of sp³-hybridized carbons (Fsp3) is 0.800. The van der Waals surface area contributed by atoms with Gasteiger partial charge >= 0.3 is 0 Å². The molecule has 1 saturated heterocycles. The van der Waals surface area contributed by atoms with Crippen LogP contribution in [-0.2, 0) is 16.1 Å². The van der Waals surface area contributed by atoms with E-state index in [0.29, 0.717) is 25.4 Å². The molecule has 8 nitrogen and oxygen atoms in total. The van der Waals surface area contributed by atoms with Gasteiger partial charge in [-0.3, -0.25) is 9.59 Å². The van der Waals surface area contributed by atoms with Crippen molar-refractivity contribution in [2.75, 3.05) is 32.7 Å². The summed E-state index contributed by atoms with van der Waals surface area (Å²) < 4.78 is 1.72. The summed E-state index contributed by atoms with van der Waals surface area (Å²) in [5.74, 6) is 0.235. The lowest BCUT2D eigenvalue weighted by atomic mass is 10.0. The summed E-state index contributed by atoms with van der Waals surface area (Å²) in [7, 11) is 0. The van der Waals surface area contributed by atoms with Crippen LogP contribution in [0.3, 0.4) is 0 Å². The van der Waals surface area contributed by atoms with Crippen molar-refractivity contribution in [1.82, 2.24) is 30.1 Å². The summed E-state index contributed by atoms with van der Waals surface area (Å²) in [5.41, 5.74) is 0.888. The van der Waals surface area contributed by atoms with E-state index in [9.17, 15) is 9.59 Å². The van der Waals surface area contributed by atoms with Gasteiger partial charge in [-0.25, -0.2) is 4.68 Å². The van der Waals surface area contributed by atoms with E-state index in [4.69, 9.17) is 0 Å².